The van der Waals surface area contributed by atoms with Crippen LogP contribution in [0.2, 0.25) is 0 Å². The number of carbonyl (C=O) groups excluding carboxylic acids is 2. The second-order valence-corrected chi connectivity index (χ2v) is 7.11. The summed E-state index contributed by atoms with van der Waals surface area (Å²) in [4.78, 5) is 22.6. The first kappa shape index (κ1) is 21.0. The fourth-order valence-electron chi connectivity index (χ4n) is 2.13. The average molecular weight is 402 g/mol. The van der Waals surface area contributed by atoms with Gasteiger partial charge < -0.3 is 15.2 Å². The minimum absolute atomic E-state index is 0.00594. The number of methoxy groups -OCH3 is 1. The number of ether oxygens (including phenoxy) is 2. The Balaban J connectivity index is 1.89. The Hall–Kier alpha value is -3.35. The summed E-state index contributed by atoms with van der Waals surface area (Å²) in [5, 5.41) is 0. The zero-order valence-electron chi connectivity index (χ0n) is 15.0. The van der Waals surface area contributed by atoms with Crippen molar-refractivity contribution in [2.75, 3.05) is 20.3 Å². The molecule has 0 unspecified atom stereocenters. The van der Waals surface area contributed by atoms with Gasteiger partial charge in [0, 0.05) is 0 Å². The standard InChI is InChI=1S/C19H18N2O6S/c1-26-19(23)14-8-10-15(11-9-14)28(24,25)21-12-4-5-13-27-17-7-3-2-6-16(17)18(20)22/h2-3,6-11,21H,12-13H2,1H3,(H2,20,22). The van der Waals surface area contributed by atoms with Crippen molar-refractivity contribution in [3.8, 4) is 17.6 Å². The van der Waals surface area contributed by atoms with Gasteiger partial charge in [-0.25, -0.2) is 13.2 Å². The molecule has 2 aromatic carbocycles. The third kappa shape index (κ3) is 5.57. The van der Waals surface area contributed by atoms with Crippen LogP contribution in [-0.4, -0.2) is 40.6 Å². The van der Waals surface area contributed by atoms with Gasteiger partial charge in [-0.15, -0.1) is 0 Å². The summed E-state index contributed by atoms with van der Waals surface area (Å²) < 4.78 is 36.6. The molecular weight excluding hydrogens is 384 g/mol. The number of hydrogen-bond donors (Lipinski definition) is 2. The summed E-state index contributed by atoms with van der Waals surface area (Å²) in [5.74, 6) is 4.39. The van der Waals surface area contributed by atoms with Crippen LogP contribution in [-0.2, 0) is 14.8 Å². The van der Waals surface area contributed by atoms with Crippen LogP contribution >= 0.6 is 0 Å². The summed E-state index contributed by atoms with van der Waals surface area (Å²) in [7, 11) is -2.53. The maximum absolute atomic E-state index is 12.2. The van der Waals surface area contributed by atoms with Gasteiger partial charge in [0.15, 0.2) is 0 Å². The molecule has 0 aliphatic rings. The molecule has 0 fully saturated rings. The molecule has 0 saturated heterocycles. The Morgan fingerprint density at radius 1 is 1.07 bits per heavy atom. The predicted octanol–water partition coefficient (Wildman–Crippen LogP) is 0.933. The number of esters is 1. The molecule has 3 N–H and O–H groups in total. The van der Waals surface area contributed by atoms with Crippen molar-refractivity contribution in [3.63, 3.8) is 0 Å². The van der Waals surface area contributed by atoms with Gasteiger partial charge in [-0.3, -0.25) is 4.79 Å². The van der Waals surface area contributed by atoms with E-state index in [9.17, 15) is 18.0 Å². The number of nitrogens with two attached hydrogens (primary N) is 1. The Kier molecular flexibility index (Phi) is 7.14. The molecular formula is C19H18N2O6S. The van der Waals surface area contributed by atoms with Gasteiger partial charge in [0.1, 0.15) is 12.4 Å². The van der Waals surface area contributed by atoms with Gasteiger partial charge in [0.2, 0.25) is 10.0 Å². The smallest absolute Gasteiger partial charge is 0.337 e. The molecule has 0 heterocycles. The first-order valence-corrected chi connectivity index (χ1v) is 9.49. The normalized spacial score (nSPS) is 10.5. The van der Waals surface area contributed by atoms with Crippen LogP contribution in [0.25, 0.3) is 0 Å². The van der Waals surface area contributed by atoms with Crippen LogP contribution in [0, 0.1) is 11.8 Å². The summed E-state index contributed by atoms with van der Waals surface area (Å²) in [5.41, 5.74) is 5.73. The maximum Gasteiger partial charge on any atom is 0.337 e. The lowest BCUT2D eigenvalue weighted by atomic mass is 10.2. The second kappa shape index (κ2) is 9.55. The minimum Gasteiger partial charge on any atom is -0.480 e. The number of para-hydroxylation sites is 1. The van der Waals surface area contributed by atoms with Gasteiger partial charge >= 0.3 is 5.97 Å². The van der Waals surface area contributed by atoms with E-state index in [4.69, 9.17) is 10.5 Å². The van der Waals surface area contributed by atoms with Crippen LogP contribution < -0.4 is 15.2 Å². The number of benzene rings is 2. The number of amides is 1. The molecule has 0 spiro atoms. The Bertz CT molecular complexity index is 1020. The van der Waals surface area contributed by atoms with E-state index in [0.29, 0.717) is 5.75 Å². The van der Waals surface area contributed by atoms with Crippen molar-refractivity contribution in [3.05, 3.63) is 59.7 Å². The molecule has 0 aliphatic heterocycles. The third-order valence-electron chi connectivity index (χ3n) is 3.51. The largest absolute Gasteiger partial charge is 0.480 e. The molecule has 2 rings (SSSR count). The molecule has 1 amide bonds. The minimum atomic E-state index is -3.77. The highest BCUT2D eigenvalue weighted by Gasteiger charge is 2.14. The van der Waals surface area contributed by atoms with Crippen molar-refractivity contribution in [1.82, 2.24) is 4.72 Å². The van der Waals surface area contributed by atoms with E-state index in [1.54, 1.807) is 18.2 Å². The quantitative estimate of drug-likeness (QED) is 0.524. The number of hydrogen-bond acceptors (Lipinski definition) is 6. The lowest BCUT2D eigenvalue weighted by Crippen LogP contribution is -2.24. The Morgan fingerprint density at radius 2 is 1.75 bits per heavy atom. The number of carbonyl (C=O) groups is 2. The van der Waals surface area contributed by atoms with Crippen LogP contribution in [0.3, 0.4) is 0 Å². The van der Waals surface area contributed by atoms with Crippen LogP contribution in [0.4, 0.5) is 0 Å². The van der Waals surface area contributed by atoms with Gasteiger partial charge in [-0.05, 0) is 36.4 Å². The molecule has 146 valence electrons. The first-order chi connectivity index (χ1) is 13.3. The molecule has 28 heavy (non-hydrogen) atoms. The number of sulfonamides is 1. The Labute approximate surface area is 162 Å². The lowest BCUT2D eigenvalue weighted by molar-refractivity contribution is 0.0600. The van der Waals surface area contributed by atoms with Crippen molar-refractivity contribution in [2.24, 2.45) is 5.73 Å². The lowest BCUT2D eigenvalue weighted by Gasteiger charge is -2.06. The molecule has 8 nitrogen and oxygen atoms in total. The molecule has 2 aromatic rings. The van der Waals surface area contributed by atoms with E-state index in [1.165, 1.54) is 37.4 Å². The van der Waals surface area contributed by atoms with Gasteiger partial charge in [0.25, 0.3) is 5.91 Å². The fraction of sp³-hybridized carbons (Fsp3) is 0.158. The Morgan fingerprint density at radius 3 is 2.39 bits per heavy atom. The highest BCUT2D eigenvalue weighted by atomic mass is 32.2. The molecule has 0 atom stereocenters. The molecule has 0 aromatic heterocycles. The van der Waals surface area contributed by atoms with Crippen LogP contribution in [0.5, 0.6) is 5.75 Å². The average Bonchev–Trinajstić information content (AvgIpc) is 2.70. The highest BCUT2D eigenvalue weighted by Crippen LogP contribution is 2.16. The summed E-state index contributed by atoms with van der Waals surface area (Å²) >= 11 is 0. The van der Waals surface area contributed by atoms with Crippen molar-refractivity contribution >= 4 is 21.9 Å². The van der Waals surface area contributed by atoms with Gasteiger partial charge in [0.05, 0.1) is 29.7 Å². The third-order valence-corrected chi connectivity index (χ3v) is 4.93. The maximum atomic E-state index is 12.2. The van der Waals surface area contributed by atoms with Crippen molar-refractivity contribution in [2.45, 2.75) is 4.90 Å². The zero-order valence-corrected chi connectivity index (χ0v) is 15.8. The summed E-state index contributed by atoms with van der Waals surface area (Å²) in [6.07, 6.45) is 0. The molecule has 0 saturated carbocycles. The molecule has 0 bridgehead atoms. The first-order valence-electron chi connectivity index (χ1n) is 8.00. The van der Waals surface area contributed by atoms with Crippen LogP contribution in [0.15, 0.2) is 53.4 Å². The molecule has 0 radical (unpaired) electrons. The highest BCUT2D eigenvalue weighted by molar-refractivity contribution is 7.89. The van der Waals surface area contributed by atoms with E-state index < -0.39 is 21.9 Å². The van der Waals surface area contributed by atoms with E-state index in [-0.39, 0.29) is 29.2 Å². The SMILES string of the molecule is COC(=O)c1ccc(S(=O)(=O)NCC#CCOc2ccccc2C(N)=O)cc1. The molecule has 0 aliphatic carbocycles. The fourth-order valence-corrected chi connectivity index (χ4v) is 3.05. The second-order valence-electron chi connectivity index (χ2n) is 5.34. The monoisotopic (exact) mass is 402 g/mol. The van der Waals surface area contributed by atoms with Gasteiger partial charge in [-0.1, -0.05) is 24.0 Å². The van der Waals surface area contributed by atoms with Crippen molar-refractivity contribution < 1.29 is 27.5 Å². The number of primary amides is 1. The zero-order chi connectivity index (χ0) is 20.6. The topological polar surface area (TPSA) is 125 Å². The van der Waals surface area contributed by atoms with E-state index >= 15 is 0 Å². The van der Waals surface area contributed by atoms with Gasteiger partial charge in [-0.2, -0.15) is 4.72 Å². The van der Waals surface area contributed by atoms with Crippen molar-refractivity contribution in [1.29, 1.82) is 0 Å². The van der Waals surface area contributed by atoms with E-state index in [2.05, 4.69) is 21.3 Å². The van der Waals surface area contributed by atoms with E-state index in [1.807, 2.05) is 0 Å². The number of rotatable bonds is 7. The van der Waals surface area contributed by atoms with Crippen LogP contribution in [0.1, 0.15) is 20.7 Å². The summed E-state index contributed by atoms with van der Waals surface area (Å²) in [6.45, 7) is -0.179. The van der Waals surface area contributed by atoms with E-state index in [0.717, 1.165) is 0 Å². The summed E-state index contributed by atoms with van der Waals surface area (Å²) in [6, 6.07) is 11.8. The number of nitrogens with one attached hydrogen (secondary N) is 1. The predicted molar refractivity (Wildman–Crippen MR) is 101 cm³/mol. The molecule has 9 heteroatoms.